The van der Waals surface area contributed by atoms with Gasteiger partial charge in [-0.15, -0.1) is 0 Å². The van der Waals surface area contributed by atoms with Crippen molar-refractivity contribution in [2.45, 2.75) is 64.8 Å². The second-order valence-corrected chi connectivity index (χ2v) is 4.43. The van der Waals surface area contributed by atoms with Crippen molar-refractivity contribution in [1.29, 1.82) is 0 Å². The summed E-state index contributed by atoms with van der Waals surface area (Å²) in [6.45, 7) is 6.75. The Bertz CT molecular complexity index is 243. The molecule has 6 heteroatoms. The Kier molecular flexibility index (Phi) is 6.52. The van der Waals surface area contributed by atoms with Crippen molar-refractivity contribution in [3.63, 3.8) is 0 Å². The number of carbonyl (C=O) groups excluding carboxylic acids is 1. The molecule has 0 aromatic rings. The molecule has 0 fully saturated rings. The van der Waals surface area contributed by atoms with Gasteiger partial charge >= 0.3 is 6.18 Å². The Labute approximate surface area is 100 Å². The molecule has 1 amide bonds. The number of hydrogen-bond acceptors (Lipinski definition) is 2. The monoisotopic (exact) mass is 254 g/mol. The lowest BCUT2D eigenvalue weighted by molar-refractivity contribution is -0.140. The highest BCUT2D eigenvalue weighted by molar-refractivity contribution is 5.81. The molecule has 0 aliphatic heterocycles. The van der Waals surface area contributed by atoms with E-state index in [9.17, 15) is 18.0 Å². The molecular formula is C11H21F3N2O. The molecule has 3 nitrogen and oxygen atoms in total. The molecule has 0 aromatic carbocycles. The van der Waals surface area contributed by atoms with Crippen LogP contribution in [-0.4, -0.2) is 30.2 Å². The van der Waals surface area contributed by atoms with Crippen molar-refractivity contribution in [3.05, 3.63) is 0 Å². The zero-order chi connectivity index (χ0) is 13.6. The number of hydrogen-bond donors (Lipinski definition) is 2. The first-order valence-electron chi connectivity index (χ1n) is 5.78. The van der Waals surface area contributed by atoms with E-state index in [1.807, 2.05) is 13.8 Å². The lowest BCUT2D eigenvalue weighted by Crippen LogP contribution is -2.48. The van der Waals surface area contributed by atoms with E-state index in [4.69, 9.17) is 0 Å². The van der Waals surface area contributed by atoms with Gasteiger partial charge in [0.05, 0.1) is 12.5 Å². The predicted octanol–water partition coefficient (Wildman–Crippen LogP) is 2.22. The maximum Gasteiger partial charge on any atom is 0.390 e. The molecule has 17 heavy (non-hydrogen) atoms. The lowest BCUT2D eigenvalue weighted by atomic mass is 10.2. The summed E-state index contributed by atoms with van der Waals surface area (Å²) in [6, 6.07) is -1.36. The standard InChI is InChI=1S/C11H21F3N2O/c1-5-7(2)16-10(17)9(4)15-8(3)6-11(12,13)14/h7-9,15H,5-6H2,1-4H3,(H,16,17). The first kappa shape index (κ1) is 16.2. The Morgan fingerprint density at radius 2 is 1.71 bits per heavy atom. The van der Waals surface area contributed by atoms with Crippen LogP contribution in [0.4, 0.5) is 13.2 Å². The van der Waals surface area contributed by atoms with Gasteiger partial charge in [-0.2, -0.15) is 13.2 Å². The van der Waals surface area contributed by atoms with Crippen LogP contribution in [0, 0.1) is 0 Å². The third kappa shape index (κ3) is 8.01. The zero-order valence-electron chi connectivity index (χ0n) is 10.7. The second-order valence-electron chi connectivity index (χ2n) is 4.43. The molecule has 0 aromatic heterocycles. The number of amides is 1. The SMILES string of the molecule is CCC(C)NC(=O)C(C)NC(C)CC(F)(F)F. The summed E-state index contributed by atoms with van der Waals surface area (Å²) in [6.07, 6.45) is -4.36. The van der Waals surface area contributed by atoms with E-state index in [0.29, 0.717) is 0 Å². The molecule has 0 aliphatic rings. The molecule has 0 aliphatic carbocycles. The zero-order valence-corrected chi connectivity index (χ0v) is 10.7. The molecule has 2 N–H and O–H groups in total. The van der Waals surface area contributed by atoms with Gasteiger partial charge < -0.3 is 10.6 Å². The molecule has 102 valence electrons. The third-order valence-electron chi connectivity index (χ3n) is 2.47. The topological polar surface area (TPSA) is 41.1 Å². The summed E-state index contributed by atoms with van der Waals surface area (Å²) in [5.74, 6) is -0.270. The van der Waals surface area contributed by atoms with Crippen molar-refractivity contribution in [2.24, 2.45) is 0 Å². The summed E-state index contributed by atoms with van der Waals surface area (Å²) in [5, 5.41) is 5.35. The smallest absolute Gasteiger partial charge is 0.352 e. The lowest BCUT2D eigenvalue weighted by Gasteiger charge is -2.22. The van der Waals surface area contributed by atoms with Crippen molar-refractivity contribution < 1.29 is 18.0 Å². The number of halogens is 3. The van der Waals surface area contributed by atoms with E-state index in [0.717, 1.165) is 6.42 Å². The number of nitrogens with one attached hydrogen (secondary N) is 2. The Morgan fingerprint density at radius 3 is 2.12 bits per heavy atom. The fourth-order valence-electron chi connectivity index (χ4n) is 1.38. The van der Waals surface area contributed by atoms with E-state index in [-0.39, 0.29) is 11.9 Å². The van der Waals surface area contributed by atoms with Gasteiger partial charge in [-0.1, -0.05) is 6.92 Å². The van der Waals surface area contributed by atoms with Crippen LogP contribution in [0.25, 0.3) is 0 Å². The van der Waals surface area contributed by atoms with Crippen molar-refractivity contribution >= 4 is 5.91 Å². The van der Waals surface area contributed by atoms with Crippen LogP contribution in [-0.2, 0) is 4.79 Å². The summed E-state index contributed by atoms with van der Waals surface area (Å²) < 4.78 is 36.2. The molecule has 0 rings (SSSR count). The van der Waals surface area contributed by atoms with Gasteiger partial charge in [0.15, 0.2) is 0 Å². The van der Waals surface area contributed by atoms with E-state index >= 15 is 0 Å². The third-order valence-corrected chi connectivity index (χ3v) is 2.47. The van der Waals surface area contributed by atoms with E-state index in [2.05, 4.69) is 10.6 Å². The molecule has 0 bridgehead atoms. The fourth-order valence-corrected chi connectivity index (χ4v) is 1.38. The van der Waals surface area contributed by atoms with Crippen LogP contribution in [0.2, 0.25) is 0 Å². The quantitative estimate of drug-likeness (QED) is 0.763. The normalized spacial score (nSPS) is 17.4. The highest BCUT2D eigenvalue weighted by Crippen LogP contribution is 2.21. The van der Waals surface area contributed by atoms with Gasteiger partial charge in [-0.3, -0.25) is 4.79 Å². The van der Waals surface area contributed by atoms with Crippen LogP contribution < -0.4 is 10.6 Å². The Hall–Kier alpha value is -0.780. The van der Waals surface area contributed by atoms with Gasteiger partial charge in [0.1, 0.15) is 0 Å². The summed E-state index contributed by atoms with van der Waals surface area (Å²) in [7, 11) is 0. The average molecular weight is 254 g/mol. The van der Waals surface area contributed by atoms with Crippen LogP contribution in [0.15, 0.2) is 0 Å². The molecule has 3 unspecified atom stereocenters. The minimum Gasteiger partial charge on any atom is -0.352 e. The van der Waals surface area contributed by atoms with E-state index in [1.165, 1.54) is 6.92 Å². The first-order valence-corrected chi connectivity index (χ1v) is 5.78. The first-order chi connectivity index (χ1) is 7.65. The largest absolute Gasteiger partial charge is 0.390 e. The molecule has 3 atom stereocenters. The molecule has 0 heterocycles. The number of rotatable bonds is 6. The molecule has 0 radical (unpaired) electrons. The molecular weight excluding hydrogens is 233 g/mol. The van der Waals surface area contributed by atoms with Crippen molar-refractivity contribution in [3.8, 4) is 0 Å². The van der Waals surface area contributed by atoms with Gasteiger partial charge in [0.25, 0.3) is 0 Å². The molecule has 0 saturated heterocycles. The van der Waals surface area contributed by atoms with Crippen molar-refractivity contribution in [1.82, 2.24) is 10.6 Å². The molecule has 0 saturated carbocycles. The predicted molar refractivity (Wildman–Crippen MR) is 60.6 cm³/mol. The van der Waals surface area contributed by atoms with Gasteiger partial charge in [0.2, 0.25) is 5.91 Å². The highest BCUT2D eigenvalue weighted by Gasteiger charge is 2.31. The van der Waals surface area contributed by atoms with Crippen LogP contribution in [0.1, 0.15) is 40.5 Å². The second kappa shape index (κ2) is 6.83. The Morgan fingerprint density at radius 1 is 1.18 bits per heavy atom. The van der Waals surface area contributed by atoms with Gasteiger partial charge in [-0.05, 0) is 27.2 Å². The maximum absolute atomic E-state index is 12.1. The minimum absolute atomic E-state index is 0.0321. The summed E-state index contributed by atoms with van der Waals surface area (Å²) in [4.78, 5) is 11.6. The number of carbonyl (C=O) groups is 1. The number of alkyl halides is 3. The summed E-state index contributed by atoms with van der Waals surface area (Å²) >= 11 is 0. The van der Waals surface area contributed by atoms with E-state index in [1.54, 1.807) is 6.92 Å². The minimum atomic E-state index is -4.21. The van der Waals surface area contributed by atoms with Crippen LogP contribution in [0.5, 0.6) is 0 Å². The summed E-state index contributed by atoms with van der Waals surface area (Å²) in [5.41, 5.74) is 0. The van der Waals surface area contributed by atoms with Crippen molar-refractivity contribution in [2.75, 3.05) is 0 Å². The van der Waals surface area contributed by atoms with Crippen LogP contribution >= 0.6 is 0 Å². The fraction of sp³-hybridized carbons (Fsp3) is 0.909. The highest BCUT2D eigenvalue weighted by atomic mass is 19.4. The van der Waals surface area contributed by atoms with Gasteiger partial charge in [0, 0.05) is 12.1 Å². The Balaban J connectivity index is 4.07. The maximum atomic E-state index is 12.1. The van der Waals surface area contributed by atoms with E-state index < -0.39 is 24.7 Å². The molecule has 0 spiro atoms. The van der Waals surface area contributed by atoms with Crippen LogP contribution in [0.3, 0.4) is 0 Å². The van der Waals surface area contributed by atoms with Gasteiger partial charge in [-0.25, -0.2) is 0 Å². The average Bonchev–Trinajstić information content (AvgIpc) is 2.14.